The topological polar surface area (TPSA) is 109 Å². The predicted molar refractivity (Wildman–Crippen MR) is 113 cm³/mol. The van der Waals surface area contributed by atoms with Crippen LogP contribution in [0.15, 0.2) is 71.5 Å². The van der Waals surface area contributed by atoms with E-state index in [1.54, 1.807) is 25.6 Å². The van der Waals surface area contributed by atoms with Crippen LogP contribution in [-0.2, 0) is 22.6 Å². The van der Waals surface area contributed by atoms with Gasteiger partial charge in [0.2, 0.25) is 17.5 Å². The van der Waals surface area contributed by atoms with E-state index in [1.807, 2.05) is 48.5 Å². The third kappa shape index (κ3) is 5.66. The van der Waals surface area contributed by atoms with Gasteiger partial charge in [0.05, 0.1) is 13.5 Å². The van der Waals surface area contributed by atoms with Crippen molar-refractivity contribution in [2.45, 2.75) is 19.4 Å². The number of benzene rings is 2. The standard InChI is InChI=1S/C23H20N4O5/c1-29-17-7-9-19(10-8-17)31-18-5-3-16(4-6-18)15-30-21(28)12-11-20-26-23(27-32-20)22-24-13-2-14-25-22/h2-10,13-14H,11-12,15H2,1H3. The lowest BCUT2D eigenvalue weighted by Gasteiger charge is -2.08. The van der Waals surface area contributed by atoms with Gasteiger partial charge in [-0.05, 0) is 48.0 Å². The highest BCUT2D eigenvalue weighted by atomic mass is 16.5. The van der Waals surface area contributed by atoms with Crippen LogP contribution < -0.4 is 9.47 Å². The minimum absolute atomic E-state index is 0.121. The SMILES string of the molecule is COc1ccc(Oc2ccc(COC(=O)CCc3nc(-c4ncccn4)no3)cc2)cc1. The van der Waals surface area contributed by atoms with E-state index in [0.717, 1.165) is 11.3 Å². The van der Waals surface area contributed by atoms with Gasteiger partial charge in [0.1, 0.15) is 23.9 Å². The molecule has 9 heteroatoms. The van der Waals surface area contributed by atoms with Gasteiger partial charge in [0.25, 0.3) is 0 Å². The third-order valence-electron chi connectivity index (χ3n) is 4.40. The van der Waals surface area contributed by atoms with Crippen molar-refractivity contribution in [2.24, 2.45) is 0 Å². The summed E-state index contributed by atoms with van der Waals surface area (Å²) in [5.41, 5.74) is 0.849. The van der Waals surface area contributed by atoms with Crippen LogP contribution in [0.1, 0.15) is 17.9 Å². The van der Waals surface area contributed by atoms with Crippen LogP contribution in [-0.4, -0.2) is 33.2 Å². The van der Waals surface area contributed by atoms with Crippen molar-refractivity contribution in [1.82, 2.24) is 20.1 Å². The number of methoxy groups -OCH3 is 1. The van der Waals surface area contributed by atoms with Crippen molar-refractivity contribution < 1.29 is 23.5 Å². The first-order valence-corrected chi connectivity index (χ1v) is 9.86. The maximum Gasteiger partial charge on any atom is 0.306 e. The molecule has 9 nitrogen and oxygen atoms in total. The number of aryl methyl sites for hydroxylation is 1. The predicted octanol–water partition coefficient (Wildman–Crippen LogP) is 4.00. The Morgan fingerprint density at radius 2 is 1.56 bits per heavy atom. The van der Waals surface area contributed by atoms with E-state index >= 15 is 0 Å². The molecule has 0 bridgehead atoms. The fraction of sp³-hybridized carbons (Fsp3) is 0.174. The Labute approximate surface area is 184 Å². The molecule has 0 radical (unpaired) electrons. The molecule has 32 heavy (non-hydrogen) atoms. The Morgan fingerprint density at radius 1 is 0.906 bits per heavy atom. The number of hydrogen-bond acceptors (Lipinski definition) is 9. The van der Waals surface area contributed by atoms with E-state index in [9.17, 15) is 4.79 Å². The van der Waals surface area contributed by atoms with Crippen LogP contribution in [0.5, 0.6) is 17.2 Å². The average molecular weight is 432 g/mol. The number of carbonyl (C=O) groups is 1. The van der Waals surface area contributed by atoms with Crippen molar-refractivity contribution in [1.29, 1.82) is 0 Å². The number of hydrogen-bond donors (Lipinski definition) is 0. The lowest BCUT2D eigenvalue weighted by atomic mass is 10.2. The van der Waals surface area contributed by atoms with Gasteiger partial charge in [-0.3, -0.25) is 4.79 Å². The molecule has 0 unspecified atom stereocenters. The second-order valence-corrected chi connectivity index (χ2v) is 6.67. The van der Waals surface area contributed by atoms with Crippen LogP contribution in [0.2, 0.25) is 0 Å². The normalized spacial score (nSPS) is 10.5. The largest absolute Gasteiger partial charge is 0.497 e. The molecule has 0 fully saturated rings. The highest BCUT2D eigenvalue weighted by molar-refractivity contribution is 5.69. The molecular weight excluding hydrogens is 412 g/mol. The smallest absolute Gasteiger partial charge is 0.306 e. The molecule has 0 aliphatic carbocycles. The van der Waals surface area contributed by atoms with E-state index in [4.69, 9.17) is 18.7 Å². The van der Waals surface area contributed by atoms with Crippen molar-refractivity contribution in [3.8, 4) is 28.9 Å². The summed E-state index contributed by atoms with van der Waals surface area (Å²) in [6.07, 6.45) is 3.57. The Bertz CT molecular complexity index is 1150. The van der Waals surface area contributed by atoms with Crippen molar-refractivity contribution in [3.05, 3.63) is 78.4 Å². The highest BCUT2D eigenvalue weighted by Gasteiger charge is 2.13. The van der Waals surface area contributed by atoms with E-state index < -0.39 is 0 Å². The van der Waals surface area contributed by atoms with Crippen LogP contribution in [0, 0.1) is 0 Å². The molecule has 0 amide bonds. The number of rotatable bonds is 9. The zero-order valence-electron chi connectivity index (χ0n) is 17.3. The van der Waals surface area contributed by atoms with Crippen LogP contribution in [0.3, 0.4) is 0 Å². The zero-order valence-corrected chi connectivity index (χ0v) is 17.3. The number of carbonyl (C=O) groups excluding carboxylic acids is 1. The maximum absolute atomic E-state index is 12.1. The molecule has 0 saturated carbocycles. The second-order valence-electron chi connectivity index (χ2n) is 6.67. The van der Waals surface area contributed by atoms with Crippen molar-refractivity contribution in [3.63, 3.8) is 0 Å². The minimum Gasteiger partial charge on any atom is -0.497 e. The fourth-order valence-electron chi connectivity index (χ4n) is 2.74. The Morgan fingerprint density at radius 3 is 2.25 bits per heavy atom. The maximum atomic E-state index is 12.1. The van der Waals surface area contributed by atoms with Gasteiger partial charge >= 0.3 is 5.97 Å². The van der Waals surface area contributed by atoms with Crippen LogP contribution in [0.4, 0.5) is 0 Å². The van der Waals surface area contributed by atoms with Crippen LogP contribution >= 0.6 is 0 Å². The number of aromatic nitrogens is 4. The Balaban J connectivity index is 1.22. The number of ether oxygens (including phenoxy) is 3. The lowest BCUT2D eigenvalue weighted by molar-refractivity contribution is -0.145. The molecule has 0 aliphatic rings. The van der Waals surface area contributed by atoms with Gasteiger partial charge in [0.15, 0.2) is 0 Å². The second kappa shape index (κ2) is 10.2. The Hall–Kier alpha value is -4.27. The lowest BCUT2D eigenvalue weighted by Crippen LogP contribution is -2.06. The van der Waals surface area contributed by atoms with E-state index in [-0.39, 0.29) is 31.2 Å². The molecule has 2 aromatic heterocycles. The molecule has 162 valence electrons. The van der Waals surface area contributed by atoms with Gasteiger partial charge in [-0.1, -0.05) is 17.3 Å². The van der Waals surface area contributed by atoms with Gasteiger partial charge in [-0.25, -0.2) is 9.97 Å². The molecule has 0 spiro atoms. The molecule has 4 aromatic rings. The first-order chi connectivity index (χ1) is 15.7. The van der Waals surface area contributed by atoms with Crippen LogP contribution in [0.25, 0.3) is 11.6 Å². The summed E-state index contributed by atoms with van der Waals surface area (Å²) in [5, 5.41) is 3.82. The third-order valence-corrected chi connectivity index (χ3v) is 4.40. The quantitative estimate of drug-likeness (QED) is 0.362. The van der Waals surface area contributed by atoms with Crippen molar-refractivity contribution >= 4 is 5.97 Å². The van der Waals surface area contributed by atoms with E-state index in [0.29, 0.717) is 23.2 Å². The monoisotopic (exact) mass is 432 g/mol. The number of nitrogens with zero attached hydrogens (tertiary/aromatic N) is 4. The molecule has 2 aromatic carbocycles. The van der Waals surface area contributed by atoms with E-state index in [1.165, 1.54) is 0 Å². The van der Waals surface area contributed by atoms with Gasteiger partial charge in [-0.2, -0.15) is 4.98 Å². The average Bonchev–Trinajstić information content (AvgIpc) is 3.32. The summed E-state index contributed by atoms with van der Waals surface area (Å²) in [5.74, 6) is 2.76. The minimum atomic E-state index is -0.362. The molecule has 0 aliphatic heterocycles. The fourth-order valence-corrected chi connectivity index (χ4v) is 2.74. The summed E-state index contributed by atoms with van der Waals surface area (Å²) >= 11 is 0. The summed E-state index contributed by atoms with van der Waals surface area (Å²) in [6, 6.07) is 16.3. The molecule has 4 rings (SSSR count). The molecule has 0 saturated heterocycles. The summed E-state index contributed by atoms with van der Waals surface area (Å²) < 4.78 is 21.4. The highest BCUT2D eigenvalue weighted by Crippen LogP contribution is 2.24. The first kappa shape index (κ1) is 21.0. The molecular formula is C23H20N4O5. The molecule has 2 heterocycles. The number of esters is 1. The summed E-state index contributed by atoms with van der Waals surface area (Å²) in [7, 11) is 1.61. The molecule has 0 atom stereocenters. The zero-order chi connectivity index (χ0) is 22.2. The van der Waals surface area contributed by atoms with Gasteiger partial charge in [-0.15, -0.1) is 0 Å². The van der Waals surface area contributed by atoms with Gasteiger partial charge < -0.3 is 18.7 Å². The van der Waals surface area contributed by atoms with Crippen molar-refractivity contribution in [2.75, 3.05) is 7.11 Å². The summed E-state index contributed by atoms with van der Waals surface area (Å²) in [6.45, 7) is 0.161. The summed E-state index contributed by atoms with van der Waals surface area (Å²) in [4.78, 5) is 24.4. The first-order valence-electron chi connectivity index (χ1n) is 9.86. The van der Waals surface area contributed by atoms with Gasteiger partial charge in [0, 0.05) is 18.8 Å². The van der Waals surface area contributed by atoms with E-state index in [2.05, 4.69) is 20.1 Å². The molecule has 0 N–H and O–H groups in total. The Kier molecular flexibility index (Phi) is 6.66.